The SMILES string of the molecule is COc1cc(-c2cn(C)c(=O)c(C)c2C)cc(OC)c1CN1CCN(Cc2cccc(C3CCCN3C(=O)/C(C#N)=C/C(C)(C)C)c2)CC1. The van der Waals surface area contributed by atoms with E-state index in [2.05, 4.69) is 40.1 Å². The van der Waals surface area contributed by atoms with Crippen molar-refractivity contribution in [3.8, 4) is 28.7 Å². The number of amides is 1. The van der Waals surface area contributed by atoms with Crippen LogP contribution in [-0.2, 0) is 24.9 Å². The summed E-state index contributed by atoms with van der Waals surface area (Å²) < 4.78 is 13.4. The van der Waals surface area contributed by atoms with Crippen LogP contribution in [0.2, 0.25) is 0 Å². The molecule has 1 amide bonds. The molecule has 2 aliphatic rings. The molecule has 0 N–H and O–H groups in total. The number of ether oxygens (including phenoxy) is 2. The number of aryl methyl sites for hydroxylation is 1. The fraction of sp³-hybridized carbons (Fsp3) is 0.475. The van der Waals surface area contributed by atoms with Crippen LogP contribution in [0.1, 0.15) is 67.5 Å². The van der Waals surface area contributed by atoms with Crippen molar-refractivity contribution in [1.29, 1.82) is 5.26 Å². The van der Waals surface area contributed by atoms with Gasteiger partial charge in [0.2, 0.25) is 0 Å². The van der Waals surface area contributed by atoms with Crippen molar-refractivity contribution in [2.24, 2.45) is 12.5 Å². The number of rotatable bonds is 9. The molecule has 9 nitrogen and oxygen atoms in total. The van der Waals surface area contributed by atoms with Gasteiger partial charge in [-0.15, -0.1) is 0 Å². The highest BCUT2D eigenvalue weighted by Gasteiger charge is 2.32. The van der Waals surface area contributed by atoms with Crippen molar-refractivity contribution in [3.63, 3.8) is 0 Å². The number of nitrogens with zero attached hydrogens (tertiary/aromatic N) is 5. The minimum Gasteiger partial charge on any atom is -0.496 e. The zero-order valence-corrected chi connectivity index (χ0v) is 30.4. The molecule has 2 saturated heterocycles. The molecule has 2 fully saturated rings. The zero-order chi connectivity index (χ0) is 35.5. The van der Waals surface area contributed by atoms with Gasteiger partial charge in [0.05, 0.1) is 25.8 Å². The minimum absolute atomic E-state index is 0.00966. The van der Waals surface area contributed by atoms with Crippen LogP contribution in [0.4, 0.5) is 0 Å². The molecule has 3 aromatic rings. The molecular formula is C40H51N5O4. The van der Waals surface area contributed by atoms with Gasteiger partial charge in [-0.05, 0) is 66.5 Å². The number of aromatic nitrogens is 1. The fourth-order valence-electron chi connectivity index (χ4n) is 7.13. The molecule has 9 heteroatoms. The highest BCUT2D eigenvalue weighted by atomic mass is 16.5. The molecule has 3 heterocycles. The second-order valence-corrected chi connectivity index (χ2v) is 14.6. The molecule has 1 atom stereocenters. The summed E-state index contributed by atoms with van der Waals surface area (Å²) in [6, 6.07) is 14.9. The molecule has 2 aliphatic heterocycles. The number of likely N-dealkylation sites (tertiary alicyclic amines) is 1. The van der Waals surface area contributed by atoms with E-state index in [0.717, 1.165) is 90.4 Å². The second kappa shape index (κ2) is 15.0. The Balaban J connectivity index is 1.25. The van der Waals surface area contributed by atoms with Gasteiger partial charge < -0.3 is 18.9 Å². The van der Waals surface area contributed by atoms with E-state index < -0.39 is 0 Å². The second-order valence-electron chi connectivity index (χ2n) is 14.6. The summed E-state index contributed by atoms with van der Waals surface area (Å²) in [5.74, 6) is 1.38. The van der Waals surface area contributed by atoms with Crippen molar-refractivity contribution >= 4 is 5.91 Å². The number of hydrogen-bond donors (Lipinski definition) is 0. The van der Waals surface area contributed by atoms with Gasteiger partial charge in [-0.2, -0.15) is 5.26 Å². The average molecular weight is 666 g/mol. The predicted molar refractivity (Wildman–Crippen MR) is 194 cm³/mol. The van der Waals surface area contributed by atoms with Crippen LogP contribution in [-0.4, -0.2) is 72.1 Å². The van der Waals surface area contributed by atoms with Crippen molar-refractivity contribution < 1.29 is 14.3 Å². The first-order valence-corrected chi connectivity index (χ1v) is 17.2. The van der Waals surface area contributed by atoms with E-state index >= 15 is 0 Å². The highest BCUT2D eigenvalue weighted by molar-refractivity contribution is 5.97. The van der Waals surface area contributed by atoms with Crippen LogP contribution >= 0.6 is 0 Å². The largest absolute Gasteiger partial charge is 0.496 e. The highest BCUT2D eigenvalue weighted by Crippen LogP contribution is 2.38. The van der Waals surface area contributed by atoms with Crippen LogP contribution in [0.15, 0.2) is 59.0 Å². The van der Waals surface area contributed by atoms with E-state index in [1.54, 1.807) is 31.9 Å². The molecule has 1 unspecified atom stereocenters. The van der Waals surface area contributed by atoms with E-state index in [4.69, 9.17) is 9.47 Å². The van der Waals surface area contributed by atoms with Gasteiger partial charge in [0, 0.05) is 70.2 Å². The number of piperazine rings is 1. The number of pyridine rings is 1. The van der Waals surface area contributed by atoms with E-state index in [1.165, 1.54) is 5.56 Å². The van der Waals surface area contributed by atoms with Crippen LogP contribution in [0.3, 0.4) is 0 Å². The summed E-state index contributed by atoms with van der Waals surface area (Å²) >= 11 is 0. The Labute approximate surface area is 291 Å². The predicted octanol–water partition coefficient (Wildman–Crippen LogP) is 6.16. The number of carbonyl (C=O) groups excluding carboxylic acids is 1. The van der Waals surface area contributed by atoms with Gasteiger partial charge >= 0.3 is 0 Å². The van der Waals surface area contributed by atoms with Gasteiger partial charge in [-0.1, -0.05) is 51.1 Å². The first kappa shape index (κ1) is 35.9. The zero-order valence-electron chi connectivity index (χ0n) is 30.4. The summed E-state index contributed by atoms with van der Waals surface area (Å²) in [5, 5.41) is 9.75. The smallest absolute Gasteiger partial charge is 0.264 e. The Morgan fingerprint density at radius 2 is 1.59 bits per heavy atom. The van der Waals surface area contributed by atoms with Gasteiger partial charge in [0.15, 0.2) is 0 Å². The van der Waals surface area contributed by atoms with Crippen molar-refractivity contribution in [3.05, 3.63) is 92.4 Å². The molecule has 0 bridgehead atoms. The van der Waals surface area contributed by atoms with Crippen LogP contribution in [0, 0.1) is 30.6 Å². The molecule has 0 spiro atoms. The molecule has 260 valence electrons. The molecule has 0 aliphatic carbocycles. The van der Waals surface area contributed by atoms with Gasteiger partial charge in [0.1, 0.15) is 23.1 Å². The van der Waals surface area contributed by atoms with E-state index in [9.17, 15) is 14.9 Å². The molecule has 49 heavy (non-hydrogen) atoms. The number of carbonyl (C=O) groups is 1. The van der Waals surface area contributed by atoms with Crippen LogP contribution in [0.25, 0.3) is 11.1 Å². The van der Waals surface area contributed by atoms with Crippen molar-refractivity contribution in [1.82, 2.24) is 19.3 Å². The lowest BCUT2D eigenvalue weighted by molar-refractivity contribution is -0.127. The number of hydrogen-bond acceptors (Lipinski definition) is 7. The average Bonchev–Trinajstić information content (AvgIpc) is 3.58. The molecule has 5 rings (SSSR count). The van der Waals surface area contributed by atoms with Crippen molar-refractivity contribution in [2.45, 2.75) is 66.6 Å². The summed E-state index contributed by atoms with van der Waals surface area (Å²) in [4.78, 5) is 32.7. The molecule has 1 aromatic heterocycles. The van der Waals surface area contributed by atoms with Gasteiger partial charge in [-0.25, -0.2) is 0 Å². The molecule has 0 saturated carbocycles. The monoisotopic (exact) mass is 665 g/mol. The Morgan fingerprint density at radius 3 is 2.18 bits per heavy atom. The molecule has 2 aromatic carbocycles. The topological polar surface area (TPSA) is 91.0 Å². The van der Waals surface area contributed by atoms with Gasteiger partial charge in [0.25, 0.3) is 11.5 Å². The Kier molecular flexibility index (Phi) is 11.0. The lowest BCUT2D eigenvalue weighted by Gasteiger charge is -2.35. The van der Waals surface area contributed by atoms with Crippen molar-refractivity contribution in [2.75, 3.05) is 46.9 Å². The maximum atomic E-state index is 13.4. The third-order valence-electron chi connectivity index (χ3n) is 9.88. The third-order valence-corrected chi connectivity index (χ3v) is 9.88. The minimum atomic E-state index is -0.243. The van der Waals surface area contributed by atoms with Gasteiger partial charge in [-0.3, -0.25) is 19.4 Å². The van der Waals surface area contributed by atoms with E-state index in [1.807, 2.05) is 57.8 Å². The first-order valence-electron chi connectivity index (χ1n) is 17.2. The third kappa shape index (κ3) is 8.09. The number of nitriles is 1. The summed E-state index contributed by atoms with van der Waals surface area (Å²) in [5.41, 5.74) is 7.02. The lowest BCUT2D eigenvalue weighted by atomic mass is 9.93. The lowest BCUT2D eigenvalue weighted by Crippen LogP contribution is -2.45. The fourth-order valence-corrected chi connectivity index (χ4v) is 7.13. The maximum absolute atomic E-state index is 13.4. The maximum Gasteiger partial charge on any atom is 0.264 e. The van der Waals surface area contributed by atoms with Crippen LogP contribution < -0.4 is 15.0 Å². The number of benzene rings is 2. The molecular weight excluding hydrogens is 614 g/mol. The Hall–Kier alpha value is -4.39. The summed E-state index contributed by atoms with van der Waals surface area (Å²) in [6.45, 7) is 15.8. The standard InChI is InChI=1S/C40H51N5O4/c1-27-28(2)38(46)42(6)25-33(27)31-20-36(48-7)34(37(21-31)49-8)26-44-17-15-43(16-18-44)24-29-11-9-12-30(19-29)35-13-10-14-45(35)39(47)32(23-41)22-40(3,4)5/h9,11-12,19-22,25,35H,10,13-18,24,26H2,1-8H3/b32-22+. The van der Waals surface area contributed by atoms with E-state index in [-0.39, 0.29) is 28.5 Å². The normalized spacial score (nSPS) is 17.7. The Bertz CT molecular complexity index is 1800. The summed E-state index contributed by atoms with van der Waals surface area (Å²) in [7, 11) is 5.17. The van der Waals surface area contributed by atoms with Crippen LogP contribution in [0.5, 0.6) is 11.5 Å². The molecule has 0 radical (unpaired) electrons. The van der Waals surface area contributed by atoms with E-state index in [0.29, 0.717) is 13.1 Å². The number of methoxy groups -OCH3 is 2. The first-order chi connectivity index (χ1) is 23.3. The Morgan fingerprint density at radius 1 is 0.959 bits per heavy atom. The quantitative estimate of drug-likeness (QED) is 0.200. The summed E-state index contributed by atoms with van der Waals surface area (Å²) in [6.07, 6.45) is 5.51. The number of allylic oxidation sites excluding steroid dienone is 1.